The molecule has 0 spiro atoms. The van der Waals surface area contributed by atoms with E-state index < -0.39 is 11.3 Å². The van der Waals surface area contributed by atoms with Gasteiger partial charge < -0.3 is 0 Å². The zero-order valence-corrected chi connectivity index (χ0v) is 17.3. The molecule has 0 aromatic carbocycles. The number of amides is 1. The van der Waals surface area contributed by atoms with Gasteiger partial charge in [0, 0.05) is 10.6 Å². The number of ketones is 1. The van der Waals surface area contributed by atoms with Crippen LogP contribution in [0.15, 0.2) is 41.6 Å². The first kappa shape index (κ1) is 22.4. The van der Waals surface area contributed by atoms with Crippen molar-refractivity contribution in [3.63, 3.8) is 0 Å². The molecule has 2 rings (SSSR count). The summed E-state index contributed by atoms with van der Waals surface area (Å²) in [5, 5.41) is 2.68. The van der Waals surface area contributed by atoms with Gasteiger partial charge in [-0.15, -0.1) is 4.91 Å². The van der Waals surface area contributed by atoms with Crippen molar-refractivity contribution in [2.24, 2.45) is 16.0 Å². The topological polar surface area (TPSA) is 63.6 Å². The Bertz CT molecular complexity index is 614. The number of Topliss-reactive ketones (excluding diaryl/α,β-unsaturated/α-hetero) is 1. The second-order valence-electron chi connectivity index (χ2n) is 8.59. The van der Waals surface area contributed by atoms with Crippen molar-refractivity contribution in [1.29, 1.82) is 0 Å². The molecule has 0 N–H and O–H groups in total. The van der Waals surface area contributed by atoms with Crippen molar-refractivity contribution in [1.82, 2.24) is 0 Å². The number of nitrogens with zero attached hydrogens (tertiary/aromatic N) is 1. The fourth-order valence-electron chi connectivity index (χ4n) is 4.52. The monoisotopic (exact) mass is 385 g/mol. The number of nitroso groups, excluding NO2 is 1. The van der Waals surface area contributed by atoms with Gasteiger partial charge in [0.05, 0.1) is 5.41 Å². The molecule has 4 nitrogen and oxygen atoms in total. The Balaban J connectivity index is 1.51. The molecule has 0 aromatic rings. The molecule has 0 bridgehead atoms. The predicted octanol–water partition coefficient (Wildman–Crippen LogP) is 6.61. The quantitative estimate of drug-likeness (QED) is 0.204. The van der Waals surface area contributed by atoms with Crippen LogP contribution in [0.1, 0.15) is 90.4 Å². The van der Waals surface area contributed by atoms with Gasteiger partial charge in [0.25, 0.3) is 5.91 Å². The second kappa shape index (κ2) is 11.2. The third-order valence-corrected chi connectivity index (χ3v) is 6.62. The van der Waals surface area contributed by atoms with E-state index in [0.29, 0.717) is 18.6 Å². The highest BCUT2D eigenvalue weighted by Gasteiger charge is 2.39. The van der Waals surface area contributed by atoms with Crippen molar-refractivity contribution in [3.05, 3.63) is 41.4 Å². The fraction of sp³-hybridized carbons (Fsp3) is 0.667. The van der Waals surface area contributed by atoms with E-state index in [0.717, 1.165) is 57.8 Å². The molecule has 0 heterocycles. The molecule has 0 aliphatic heterocycles. The molecule has 0 aromatic heterocycles. The Morgan fingerprint density at radius 1 is 0.786 bits per heavy atom. The van der Waals surface area contributed by atoms with Crippen molar-refractivity contribution in [3.8, 4) is 0 Å². The van der Waals surface area contributed by atoms with Crippen LogP contribution in [-0.4, -0.2) is 11.7 Å². The molecule has 28 heavy (non-hydrogen) atoms. The Morgan fingerprint density at radius 3 is 1.79 bits per heavy atom. The molecule has 0 fully saturated rings. The van der Waals surface area contributed by atoms with Gasteiger partial charge in [-0.2, -0.15) is 0 Å². The highest BCUT2D eigenvalue weighted by atomic mass is 16.3. The number of carbonyl (C=O) groups excluding carboxylic acids is 2. The summed E-state index contributed by atoms with van der Waals surface area (Å²) in [5.74, 6) is -0.133. The predicted molar refractivity (Wildman–Crippen MR) is 114 cm³/mol. The van der Waals surface area contributed by atoms with Crippen LogP contribution in [0.4, 0.5) is 0 Å². The first-order valence-corrected chi connectivity index (χ1v) is 10.9. The second-order valence-corrected chi connectivity index (χ2v) is 8.59. The number of rotatable bonds is 13. The van der Waals surface area contributed by atoms with Crippen LogP contribution in [0, 0.1) is 15.7 Å². The fourth-order valence-corrected chi connectivity index (χ4v) is 4.52. The van der Waals surface area contributed by atoms with E-state index in [1.54, 1.807) is 6.92 Å². The number of hydrogen-bond acceptors (Lipinski definition) is 3. The Labute approximate surface area is 169 Å². The molecule has 0 atom stereocenters. The lowest BCUT2D eigenvalue weighted by molar-refractivity contribution is -0.127. The molecule has 0 saturated heterocycles. The molecule has 2 aliphatic rings. The molecule has 4 heteroatoms. The summed E-state index contributed by atoms with van der Waals surface area (Å²) in [6.45, 7) is 1.74. The summed E-state index contributed by atoms with van der Waals surface area (Å²) in [4.78, 5) is 34.4. The molecule has 0 unspecified atom stereocenters. The highest BCUT2D eigenvalue weighted by molar-refractivity contribution is 5.84. The summed E-state index contributed by atoms with van der Waals surface area (Å²) in [6, 6.07) is 0. The average Bonchev–Trinajstić information content (AvgIpc) is 3.36. The molecular weight excluding hydrogens is 350 g/mol. The number of carbonyl (C=O) groups is 2. The average molecular weight is 386 g/mol. The molecule has 1 amide bonds. The normalized spacial score (nSPS) is 19.5. The van der Waals surface area contributed by atoms with E-state index >= 15 is 0 Å². The maximum Gasteiger partial charge on any atom is 0.293 e. The third kappa shape index (κ3) is 6.08. The Kier molecular flexibility index (Phi) is 9.01. The minimum absolute atomic E-state index is 0.0945. The third-order valence-electron chi connectivity index (χ3n) is 6.62. The maximum atomic E-state index is 11.9. The van der Waals surface area contributed by atoms with Gasteiger partial charge in [-0.25, -0.2) is 0 Å². The van der Waals surface area contributed by atoms with Gasteiger partial charge in [0.2, 0.25) is 0 Å². The first-order valence-electron chi connectivity index (χ1n) is 10.9. The van der Waals surface area contributed by atoms with Gasteiger partial charge in [0.1, 0.15) is 5.78 Å². The van der Waals surface area contributed by atoms with E-state index in [1.165, 1.54) is 12.8 Å². The van der Waals surface area contributed by atoms with Crippen LogP contribution >= 0.6 is 0 Å². The number of unbranched alkanes of at least 4 members (excludes halogenated alkanes) is 5. The summed E-state index contributed by atoms with van der Waals surface area (Å²) in [5.41, 5.74) is -0.639. The standard InChI is InChI=1S/C24H35NO3/c1-21(26)23(16-11-12-17-23)15-9-7-5-3-2-4-6-8-10-18-24(22(27)25-28)19-13-14-20-24/h2,4,11-14H,3,5-10,15-20H2,1H3/b4-2-. The summed E-state index contributed by atoms with van der Waals surface area (Å²) >= 11 is 0. The van der Waals surface area contributed by atoms with E-state index in [-0.39, 0.29) is 5.41 Å². The van der Waals surface area contributed by atoms with Crippen LogP contribution in [-0.2, 0) is 9.59 Å². The Morgan fingerprint density at radius 2 is 1.25 bits per heavy atom. The van der Waals surface area contributed by atoms with E-state index in [1.807, 2.05) is 12.2 Å². The smallest absolute Gasteiger partial charge is 0.293 e. The van der Waals surface area contributed by atoms with Crippen molar-refractivity contribution in [2.45, 2.75) is 90.4 Å². The zero-order valence-electron chi connectivity index (χ0n) is 17.3. The summed E-state index contributed by atoms with van der Waals surface area (Å²) < 4.78 is 0. The lowest BCUT2D eigenvalue weighted by atomic mass is 9.77. The minimum Gasteiger partial charge on any atom is -0.299 e. The van der Waals surface area contributed by atoms with E-state index in [2.05, 4.69) is 29.5 Å². The minimum atomic E-state index is -0.544. The highest BCUT2D eigenvalue weighted by Crippen LogP contribution is 2.40. The number of hydrogen-bond donors (Lipinski definition) is 0. The first-order chi connectivity index (χ1) is 13.5. The van der Waals surface area contributed by atoms with Gasteiger partial charge in [-0.05, 0) is 71.1 Å². The van der Waals surface area contributed by atoms with E-state index in [4.69, 9.17) is 0 Å². The van der Waals surface area contributed by atoms with Crippen molar-refractivity contribution < 1.29 is 9.59 Å². The van der Waals surface area contributed by atoms with E-state index in [9.17, 15) is 14.5 Å². The van der Waals surface area contributed by atoms with Gasteiger partial charge in [-0.3, -0.25) is 9.59 Å². The molecular formula is C24H35NO3. The molecule has 0 saturated carbocycles. The van der Waals surface area contributed by atoms with Gasteiger partial charge in [0.15, 0.2) is 0 Å². The van der Waals surface area contributed by atoms with Crippen molar-refractivity contribution >= 4 is 11.7 Å². The lowest BCUT2D eigenvalue weighted by Crippen LogP contribution is -2.26. The zero-order chi connectivity index (χ0) is 20.3. The Hall–Kier alpha value is -1.84. The van der Waals surface area contributed by atoms with Crippen LogP contribution in [0.2, 0.25) is 0 Å². The number of allylic oxidation sites excluding steroid dienone is 6. The van der Waals surface area contributed by atoms with Gasteiger partial charge >= 0.3 is 0 Å². The SMILES string of the molecule is CC(=O)C1(CCCCC/C=C\CCCCC2(C(=O)N=O)CC=CC2)CC=CC1. The largest absolute Gasteiger partial charge is 0.299 e. The summed E-state index contributed by atoms with van der Waals surface area (Å²) in [7, 11) is 0. The van der Waals surface area contributed by atoms with Crippen LogP contribution in [0.3, 0.4) is 0 Å². The van der Waals surface area contributed by atoms with Crippen molar-refractivity contribution in [2.75, 3.05) is 0 Å². The van der Waals surface area contributed by atoms with Crippen LogP contribution < -0.4 is 0 Å². The molecule has 0 radical (unpaired) electrons. The molecule has 2 aliphatic carbocycles. The lowest BCUT2D eigenvalue weighted by Gasteiger charge is -2.25. The van der Waals surface area contributed by atoms with Crippen LogP contribution in [0.5, 0.6) is 0 Å². The maximum absolute atomic E-state index is 11.9. The summed E-state index contributed by atoms with van der Waals surface area (Å²) in [6.07, 6.45) is 25.3. The molecule has 154 valence electrons. The van der Waals surface area contributed by atoms with Crippen LogP contribution in [0.25, 0.3) is 0 Å². The van der Waals surface area contributed by atoms with Gasteiger partial charge in [-0.1, -0.05) is 55.7 Å².